The Balaban J connectivity index is 1.63. The van der Waals surface area contributed by atoms with Crippen LogP contribution in [0.5, 0.6) is 5.75 Å². The van der Waals surface area contributed by atoms with Crippen LogP contribution in [-0.2, 0) is 11.3 Å². The van der Waals surface area contributed by atoms with E-state index in [-0.39, 0.29) is 11.7 Å². The predicted octanol–water partition coefficient (Wildman–Crippen LogP) is 3.67. The summed E-state index contributed by atoms with van der Waals surface area (Å²) in [6.45, 7) is 4.59. The molecule has 3 rings (SSSR count). The summed E-state index contributed by atoms with van der Waals surface area (Å²) >= 11 is 2.92. The Kier molecular flexibility index (Phi) is 6.83. The molecular formula is C19H21N5O2S2. The molecule has 0 spiro atoms. The van der Waals surface area contributed by atoms with E-state index in [4.69, 9.17) is 4.74 Å². The van der Waals surface area contributed by atoms with Gasteiger partial charge in [0.2, 0.25) is 0 Å². The molecule has 2 heterocycles. The van der Waals surface area contributed by atoms with Crippen molar-refractivity contribution in [3.8, 4) is 17.1 Å². The van der Waals surface area contributed by atoms with Crippen LogP contribution in [0.25, 0.3) is 11.4 Å². The van der Waals surface area contributed by atoms with Crippen LogP contribution < -0.4 is 10.2 Å². The summed E-state index contributed by atoms with van der Waals surface area (Å²) in [6.07, 6.45) is 0. The van der Waals surface area contributed by atoms with Gasteiger partial charge in [-0.25, -0.2) is 5.43 Å². The predicted molar refractivity (Wildman–Crippen MR) is 113 cm³/mol. The Morgan fingerprint density at radius 1 is 1.29 bits per heavy atom. The molecule has 0 fully saturated rings. The summed E-state index contributed by atoms with van der Waals surface area (Å²) in [4.78, 5) is 13.2. The van der Waals surface area contributed by atoms with Crippen molar-refractivity contribution in [2.75, 3.05) is 12.9 Å². The lowest BCUT2D eigenvalue weighted by Gasteiger charge is -2.07. The van der Waals surface area contributed by atoms with Crippen molar-refractivity contribution in [2.45, 2.75) is 25.5 Å². The Morgan fingerprint density at radius 2 is 2.07 bits per heavy atom. The number of hydrogen-bond acceptors (Lipinski definition) is 7. The van der Waals surface area contributed by atoms with Crippen molar-refractivity contribution >= 4 is 34.7 Å². The first kappa shape index (κ1) is 20.1. The monoisotopic (exact) mass is 415 g/mol. The van der Waals surface area contributed by atoms with E-state index in [0.717, 1.165) is 27.7 Å². The fourth-order valence-corrected chi connectivity index (χ4v) is 3.95. The summed E-state index contributed by atoms with van der Waals surface area (Å²) in [5, 5.41) is 15.4. The molecule has 0 aliphatic carbocycles. The smallest absolute Gasteiger partial charge is 0.250 e. The molecule has 7 nitrogen and oxygen atoms in total. The fraction of sp³-hybridized carbons (Fsp3) is 0.263. The third-order valence-electron chi connectivity index (χ3n) is 3.94. The molecule has 1 N–H and O–H groups in total. The average Bonchev–Trinajstić information content (AvgIpc) is 3.40. The average molecular weight is 416 g/mol. The summed E-state index contributed by atoms with van der Waals surface area (Å²) < 4.78 is 7.18. The number of methoxy groups -OCH3 is 1. The first-order chi connectivity index (χ1) is 13.6. The maximum atomic E-state index is 12.1. The molecule has 2 aromatic heterocycles. The van der Waals surface area contributed by atoms with Gasteiger partial charge in [-0.3, -0.25) is 4.79 Å². The molecule has 0 atom stereocenters. The van der Waals surface area contributed by atoms with Crippen molar-refractivity contribution in [1.29, 1.82) is 0 Å². The van der Waals surface area contributed by atoms with Gasteiger partial charge in [0.15, 0.2) is 11.0 Å². The van der Waals surface area contributed by atoms with Crippen molar-refractivity contribution < 1.29 is 9.53 Å². The molecule has 0 radical (unpaired) electrons. The Morgan fingerprint density at radius 3 is 2.71 bits per heavy atom. The zero-order chi connectivity index (χ0) is 19.9. The van der Waals surface area contributed by atoms with Crippen LogP contribution >= 0.6 is 23.1 Å². The third-order valence-corrected chi connectivity index (χ3v) is 5.89. The number of nitrogens with one attached hydrogen (secondary N) is 1. The SMILES string of the molecule is CCn1c(SCC(=O)N/N=C(\C)c2cccs2)nnc1-c1ccc(OC)cc1. The minimum absolute atomic E-state index is 0.183. The van der Waals surface area contributed by atoms with E-state index in [0.29, 0.717) is 11.7 Å². The second-order valence-corrected chi connectivity index (χ2v) is 7.67. The molecular weight excluding hydrogens is 394 g/mol. The van der Waals surface area contributed by atoms with Gasteiger partial charge in [-0.05, 0) is 49.6 Å². The van der Waals surface area contributed by atoms with Crippen LogP contribution in [0.2, 0.25) is 0 Å². The third kappa shape index (κ3) is 4.79. The van der Waals surface area contributed by atoms with Crippen LogP contribution in [0, 0.1) is 0 Å². The summed E-state index contributed by atoms with van der Waals surface area (Å²) in [7, 11) is 1.63. The van der Waals surface area contributed by atoms with Crippen molar-refractivity contribution in [3.63, 3.8) is 0 Å². The van der Waals surface area contributed by atoms with Gasteiger partial charge in [0.25, 0.3) is 5.91 Å². The number of rotatable bonds is 8. The maximum Gasteiger partial charge on any atom is 0.250 e. The minimum Gasteiger partial charge on any atom is -0.497 e. The van der Waals surface area contributed by atoms with E-state index in [1.807, 2.05) is 60.2 Å². The number of carbonyl (C=O) groups is 1. The zero-order valence-electron chi connectivity index (χ0n) is 15.9. The number of carbonyl (C=O) groups excluding carboxylic acids is 1. The van der Waals surface area contributed by atoms with Gasteiger partial charge in [0.05, 0.1) is 18.6 Å². The normalized spacial score (nSPS) is 11.5. The van der Waals surface area contributed by atoms with Gasteiger partial charge < -0.3 is 9.30 Å². The van der Waals surface area contributed by atoms with Crippen molar-refractivity contribution in [3.05, 3.63) is 46.7 Å². The summed E-state index contributed by atoms with van der Waals surface area (Å²) in [5.41, 5.74) is 4.32. The Bertz CT molecular complexity index is 949. The molecule has 0 bridgehead atoms. The van der Waals surface area contributed by atoms with Gasteiger partial charge in [0, 0.05) is 17.0 Å². The molecule has 0 aliphatic heterocycles. The number of hydrogen-bond donors (Lipinski definition) is 1. The Labute approximate surface area is 171 Å². The number of aromatic nitrogens is 3. The lowest BCUT2D eigenvalue weighted by Crippen LogP contribution is -2.21. The summed E-state index contributed by atoms with van der Waals surface area (Å²) in [6, 6.07) is 11.6. The molecule has 1 amide bonds. The lowest BCUT2D eigenvalue weighted by molar-refractivity contribution is -0.118. The van der Waals surface area contributed by atoms with Crippen LogP contribution in [0.3, 0.4) is 0 Å². The first-order valence-corrected chi connectivity index (χ1v) is 10.6. The molecule has 3 aromatic rings. The van der Waals surface area contributed by atoms with Crippen molar-refractivity contribution in [2.24, 2.45) is 5.10 Å². The topological polar surface area (TPSA) is 81.4 Å². The van der Waals surface area contributed by atoms with Gasteiger partial charge >= 0.3 is 0 Å². The number of thiophene rings is 1. The standard InChI is InChI=1S/C19H21N5O2S2/c1-4-24-18(14-7-9-15(26-3)10-8-14)22-23-19(24)28-12-17(25)21-20-13(2)16-6-5-11-27-16/h5-11H,4,12H2,1-3H3,(H,21,25)/b20-13+. The number of thioether (sulfide) groups is 1. The Hall–Kier alpha value is -2.65. The van der Waals surface area contributed by atoms with Crippen LogP contribution in [-0.4, -0.2) is 39.2 Å². The van der Waals surface area contributed by atoms with Gasteiger partial charge in [-0.1, -0.05) is 17.8 Å². The zero-order valence-corrected chi connectivity index (χ0v) is 17.5. The van der Waals surface area contributed by atoms with Crippen LogP contribution in [0.1, 0.15) is 18.7 Å². The van der Waals surface area contributed by atoms with Gasteiger partial charge in [-0.15, -0.1) is 21.5 Å². The summed E-state index contributed by atoms with van der Waals surface area (Å²) in [5.74, 6) is 1.58. The number of benzene rings is 1. The van der Waals surface area contributed by atoms with Gasteiger partial charge in [0.1, 0.15) is 5.75 Å². The largest absolute Gasteiger partial charge is 0.497 e. The van der Waals surface area contributed by atoms with Crippen LogP contribution in [0.4, 0.5) is 0 Å². The molecule has 28 heavy (non-hydrogen) atoms. The highest BCUT2D eigenvalue weighted by Crippen LogP contribution is 2.25. The van der Waals surface area contributed by atoms with E-state index in [1.54, 1.807) is 18.4 Å². The fourth-order valence-electron chi connectivity index (χ4n) is 2.48. The molecule has 0 saturated heterocycles. The lowest BCUT2D eigenvalue weighted by atomic mass is 10.2. The molecule has 146 valence electrons. The minimum atomic E-state index is -0.183. The van der Waals surface area contributed by atoms with Crippen molar-refractivity contribution in [1.82, 2.24) is 20.2 Å². The number of amides is 1. The van der Waals surface area contributed by atoms with E-state index in [1.165, 1.54) is 11.8 Å². The van der Waals surface area contributed by atoms with Gasteiger partial charge in [-0.2, -0.15) is 5.10 Å². The number of ether oxygens (including phenoxy) is 1. The molecule has 0 aliphatic rings. The van der Waals surface area contributed by atoms with E-state index in [2.05, 4.69) is 20.7 Å². The second-order valence-electron chi connectivity index (χ2n) is 5.78. The van der Waals surface area contributed by atoms with E-state index < -0.39 is 0 Å². The highest BCUT2D eigenvalue weighted by atomic mass is 32.2. The highest BCUT2D eigenvalue weighted by Gasteiger charge is 2.14. The van der Waals surface area contributed by atoms with E-state index in [9.17, 15) is 4.79 Å². The molecule has 0 unspecified atom stereocenters. The quantitative estimate of drug-likeness (QED) is 0.345. The molecule has 9 heteroatoms. The molecule has 0 saturated carbocycles. The number of hydrazone groups is 1. The van der Waals surface area contributed by atoms with E-state index >= 15 is 0 Å². The van der Waals surface area contributed by atoms with Crippen LogP contribution in [0.15, 0.2) is 52.0 Å². The first-order valence-electron chi connectivity index (χ1n) is 8.69. The maximum absolute atomic E-state index is 12.1. The second kappa shape index (κ2) is 9.52. The molecule has 1 aromatic carbocycles. The highest BCUT2D eigenvalue weighted by molar-refractivity contribution is 7.99. The number of nitrogens with zero attached hydrogens (tertiary/aromatic N) is 4.